The zero-order valence-electron chi connectivity index (χ0n) is 18.9. The Morgan fingerprint density at radius 3 is 2.41 bits per heavy atom. The lowest BCUT2D eigenvalue weighted by Gasteiger charge is -2.29. The molecule has 1 fully saturated rings. The molecule has 1 aromatic rings. The van der Waals surface area contributed by atoms with Gasteiger partial charge in [0.25, 0.3) is 5.91 Å². The summed E-state index contributed by atoms with van der Waals surface area (Å²) in [4.78, 5) is 49.9. The van der Waals surface area contributed by atoms with Crippen LogP contribution in [0.4, 0.5) is 5.69 Å². The highest BCUT2D eigenvalue weighted by Crippen LogP contribution is 2.29. The van der Waals surface area contributed by atoms with Crippen molar-refractivity contribution in [3.63, 3.8) is 0 Å². The Balaban J connectivity index is 0.00000408. The third kappa shape index (κ3) is 7.74. The molecule has 2 aliphatic heterocycles. The number of hydrogen-bond acceptors (Lipinski definition) is 8. The van der Waals surface area contributed by atoms with Crippen LogP contribution in [0, 0.1) is 0 Å². The zero-order valence-corrected chi connectivity index (χ0v) is 19.7. The lowest BCUT2D eigenvalue weighted by Crippen LogP contribution is -2.52. The van der Waals surface area contributed by atoms with Crippen LogP contribution in [0.3, 0.4) is 0 Å². The van der Waals surface area contributed by atoms with Crippen LogP contribution < -0.4 is 16.4 Å². The molecule has 188 valence electrons. The topological polar surface area (TPSA) is 149 Å². The smallest absolute Gasteiger partial charge is 0.255 e. The number of ether oxygens (including phenoxy) is 3. The number of anilines is 1. The first kappa shape index (κ1) is 27.7. The molecule has 3 rings (SSSR count). The average Bonchev–Trinajstić information content (AvgIpc) is 3.10. The van der Waals surface area contributed by atoms with Gasteiger partial charge in [0.15, 0.2) is 0 Å². The Hall–Kier alpha value is -2.57. The van der Waals surface area contributed by atoms with Crippen molar-refractivity contribution in [3.8, 4) is 0 Å². The van der Waals surface area contributed by atoms with E-state index in [4.69, 9.17) is 19.9 Å². The van der Waals surface area contributed by atoms with Crippen LogP contribution in [-0.4, -0.2) is 80.8 Å². The number of rotatable bonds is 13. The Morgan fingerprint density at radius 1 is 1.06 bits per heavy atom. The molecule has 0 aromatic heterocycles. The van der Waals surface area contributed by atoms with Crippen LogP contribution in [0.1, 0.15) is 35.2 Å². The third-order valence-corrected chi connectivity index (χ3v) is 5.29. The summed E-state index contributed by atoms with van der Waals surface area (Å²) in [5, 5.41) is 5.07. The molecule has 1 atom stereocenters. The molecule has 0 aliphatic carbocycles. The number of nitrogens with zero attached hydrogens (tertiary/aromatic N) is 1. The van der Waals surface area contributed by atoms with Gasteiger partial charge < -0.3 is 30.2 Å². The molecule has 1 aromatic carbocycles. The highest BCUT2D eigenvalue weighted by molar-refractivity contribution is 6.05. The first-order valence-electron chi connectivity index (χ1n) is 11.0. The Labute approximate surface area is 204 Å². The van der Waals surface area contributed by atoms with Crippen molar-refractivity contribution in [2.45, 2.75) is 31.8 Å². The number of benzene rings is 1. The Morgan fingerprint density at radius 2 is 1.74 bits per heavy atom. The van der Waals surface area contributed by atoms with E-state index in [1.54, 1.807) is 18.2 Å². The molecule has 2 heterocycles. The minimum Gasteiger partial charge on any atom is -0.379 e. The fraction of sp³-hybridized carbons (Fsp3) is 0.545. The summed E-state index contributed by atoms with van der Waals surface area (Å²) in [7, 11) is 0. The number of carbonyl (C=O) groups is 4. The van der Waals surface area contributed by atoms with Gasteiger partial charge in [-0.2, -0.15) is 0 Å². The van der Waals surface area contributed by atoms with Gasteiger partial charge in [-0.25, -0.2) is 0 Å². The quantitative estimate of drug-likeness (QED) is 0.258. The molecule has 11 nitrogen and oxygen atoms in total. The van der Waals surface area contributed by atoms with Crippen LogP contribution in [-0.2, 0) is 35.1 Å². The van der Waals surface area contributed by atoms with Crippen molar-refractivity contribution >= 4 is 41.7 Å². The molecule has 2 aliphatic rings. The second kappa shape index (κ2) is 14.0. The number of nitrogens with one attached hydrogen (secondary N) is 2. The summed E-state index contributed by atoms with van der Waals surface area (Å²) in [6.07, 6.45) is 0.689. The van der Waals surface area contributed by atoms with Crippen LogP contribution >= 0.6 is 12.4 Å². The van der Waals surface area contributed by atoms with Crippen molar-refractivity contribution in [2.24, 2.45) is 5.73 Å². The van der Waals surface area contributed by atoms with E-state index < -0.39 is 11.9 Å². The fourth-order valence-corrected chi connectivity index (χ4v) is 3.67. The highest BCUT2D eigenvalue weighted by Gasteiger charge is 2.39. The van der Waals surface area contributed by atoms with Gasteiger partial charge in [0.05, 0.1) is 46.1 Å². The summed E-state index contributed by atoms with van der Waals surface area (Å²) in [5.74, 6) is -1.24. The lowest BCUT2D eigenvalue weighted by molar-refractivity contribution is -0.137. The van der Waals surface area contributed by atoms with E-state index in [0.29, 0.717) is 57.3 Å². The zero-order chi connectivity index (χ0) is 23.6. The van der Waals surface area contributed by atoms with Crippen molar-refractivity contribution in [1.29, 1.82) is 0 Å². The number of carbonyl (C=O) groups excluding carboxylic acids is 4. The third-order valence-electron chi connectivity index (χ3n) is 5.29. The van der Waals surface area contributed by atoms with Gasteiger partial charge in [-0.05, 0) is 30.2 Å². The van der Waals surface area contributed by atoms with Gasteiger partial charge in [-0.15, -0.1) is 12.4 Å². The van der Waals surface area contributed by atoms with Crippen LogP contribution in [0.2, 0.25) is 0 Å². The van der Waals surface area contributed by atoms with Gasteiger partial charge in [0.1, 0.15) is 6.04 Å². The SMILES string of the molecule is Cl.NCCOCCOCCOCCC(=O)Nc1ccc2c(c1)CN(C1CCC(=O)NC1=O)C2=O. The second-order valence-corrected chi connectivity index (χ2v) is 7.70. The molecule has 0 bridgehead atoms. The predicted octanol–water partition coefficient (Wildman–Crippen LogP) is 0.207. The standard InChI is InChI=1S/C22H30N4O7.ClH/c23-6-8-32-10-12-33-11-9-31-7-5-20(28)24-16-1-2-17-15(13-16)14-26(22(17)30)18-3-4-19(27)25-21(18)29;/h1-2,13,18H,3-12,14,23H2,(H,24,28)(H,25,27,29);1H. The fourth-order valence-electron chi connectivity index (χ4n) is 3.67. The van der Waals surface area contributed by atoms with Crippen molar-refractivity contribution < 1.29 is 33.4 Å². The van der Waals surface area contributed by atoms with Crippen molar-refractivity contribution in [1.82, 2.24) is 10.2 Å². The van der Waals surface area contributed by atoms with Gasteiger partial charge in [-0.3, -0.25) is 24.5 Å². The van der Waals surface area contributed by atoms with E-state index in [1.807, 2.05) is 0 Å². The van der Waals surface area contributed by atoms with Gasteiger partial charge in [0.2, 0.25) is 17.7 Å². The monoisotopic (exact) mass is 498 g/mol. The first-order chi connectivity index (χ1) is 16.0. The number of hydrogen-bond donors (Lipinski definition) is 3. The maximum Gasteiger partial charge on any atom is 0.255 e. The number of amides is 4. The summed E-state index contributed by atoms with van der Waals surface area (Å²) in [6.45, 7) is 3.24. The normalized spacial score (nSPS) is 17.3. The minimum atomic E-state index is -0.666. The summed E-state index contributed by atoms with van der Waals surface area (Å²) in [5.41, 5.74) is 7.10. The average molecular weight is 499 g/mol. The highest BCUT2D eigenvalue weighted by atomic mass is 35.5. The second-order valence-electron chi connectivity index (χ2n) is 7.70. The van der Waals surface area contributed by atoms with E-state index >= 15 is 0 Å². The maximum atomic E-state index is 12.7. The van der Waals surface area contributed by atoms with E-state index in [0.717, 1.165) is 5.56 Å². The summed E-state index contributed by atoms with van der Waals surface area (Å²) < 4.78 is 15.9. The van der Waals surface area contributed by atoms with Crippen LogP contribution in [0.25, 0.3) is 0 Å². The molecule has 34 heavy (non-hydrogen) atoms. The summed E-state index contributed by atoms with van der Waals surface area (Å²) >= 11 is 0. The van der Waals surface area contributed by atoms with Crippen LogP contribution in [0.5, 0.6) is 0 Å². The molecule has 0 saturated carbocycles. The molecule has 4 N–H and O–H groups in total. The number of nitrogens with two attached hydrogens (primary N) is 1. The number of piperidine rings is 1. The molecule has 1 unspecified atom stereocenters. The predicted molar refractivity (Wildman–Crippen MR) is 124 cm³/mol. The first-order valence-corrected chi connectivity index (χ1v) is 11.0. The largest absolute Gasteiger partial charge is 0.379 e. The molecule has 12 heteroatoms. The maximum absolute atomic E-state index is 12.7. The van der Waals surface area contributed by atoms with Gasteiger partial charge in [-0.1, -0.05) is 0 Å². The molecule has 0 spiro atoms. The summed E-state index contributed by atoms with van der Waals surface area (Å²) in [6, 6.07) is 4.37. The van der Waals surface area contributed by atoms with Gasteiger partial charge >= 0.3 is 0 Å². The molecule has 4 amide bonds. The molecule has 0 radical (unpaired) electrons. The van der Waals surface area contributed by atoms with E-state index in [-0.39, 0.29) is 56.1 Å². The lowest BCUT2D eigenvalue weighted by atomic mass is 10.0. The van der Waals surface area contributed by atoms with Crippen LogP contribution in [0.15, 0.2) is 18.2 Å². The Kier molecular flexibility index (Phi) is 11.4. The molecular weight excluding hydrogens is 468 g/mol. The van der Waals surface area contributed by atoms with Crippen molar-refractivity contribution in [2.75, 3.05) is 51.5 Å². The molecule has 1 saturated heterocycles. The number of halogens is 1. The van der Waals surface area contributed by atoms with E-state index in [2.05, 4.69) is 10.6 Å². The van der Waals surface area contributed by atoms with Crippen molar-refractivity contribution in [3.05, 3.63) is 29.3 Å². The van der Waals surface area contributed by atoms with Gasteiger partial charge in [0, 0.05) is 30.8 Å². The van der Waals surface area contributed by atoms with E-state index in [1.165, 1.54) is 4.90 Å². The Bertz CT molecular complexity index is 883. The molecular formula is C22H31ClN4O7. The number of fused-ring (bicyclic) bond motifs is 1. The van der Waals surface area contributed by atoms with E-state index in [9.17, 15) is 19.2 Å². The minimum absolute atomic E-state index is 0. The number of imide groups is 1.